The maximum Gasteiger partial charge on any atom is 0.254 e. The maximum atomic E-state index is 13.7. The van der Waals surface area contributed by atoms with Crippen molar-refractivity contribution < 1.29 is 21.6 Å². The fraction of sp³-hybridized carbons (Fsp3) is 0.321. The van der Waals surface area contributed by atoms with E-state index in [4.69, 9.17) is 0 Å². The largest absolute Gasteiger partial charge is 0.368 e. The highest BCUT2D eigenvalue weighted by Crippen LogP contribution is 2.35. The van der Waals surface area contributed by atoms with E-state index in [0.717, 1.165) is 35.9 Å². The summed E-state index contributed by atoms with van der Waals surface area (Å²) < 4.78 is 49.7. The molecule has 0 bridgehead atoms. The number of sulfone groups is 2. The third-order valence-corrected chi connectivity index (χ3v) is 10.5. The minimum atomic E-state index is -3.48. The van der Waals surface area contributed by atoms with Crippen LogP contribution in [0.2, 0.25) is 0 Å². The number of carbonyl (C=O) groups is 1. The van der Waals surface area contributed by atoms with Crippen molar-refractivity contribution >= 4 is 31.3 Å². The van der Waals surface area contributed by atoms with E-state index >= 15 is 0 Å². The molecule has 37 heavy (non-hydrogen) atoms. The quantitative estimate of drug-likeness (QED) is 0.472. The van der Waals surface area contributed by atoms with Crippen molar-refractivity contribution in [3.05, 3.63) is 77.9 Å². The van der Waals surface area contributed by atoms with Gasteiger partial charge in [0.15, 0.2) is 19.7 Å². The smallest absolute Gasteiger partial charge is 0.254 e. The minimum Gasteiger partial charge on any atom is -0.368 e. The molecule has 1 saturated heterocycles. The first-order valence-electron chi connectivity index (χ1n) is 12.3. The predicted molar refractivity (Wildman–Crippen MR) is 144 cm³/mol. The topological polar surface area (TPSA) is 91.8 Å². The molecule has 5 rings (SSSR count). The molecule has 9 heteroatoms. The van der Waals surface area contributed by atoms with Gasteiger partial charge in [-0.15, -0.1) is 0 Å². The summed E-state index contributed by atoms with van der Waals surface area (Å²) in [6.45, 7) is 4.04. The number of hydrogen-bond acceptors (Lipinski definition) is 6. The van der Waals surface area contributed by atoms with Crippen molar-refractivity contribution in [1.29, 1.82) is 0 Å². The molecular weight excluding hydrogens is 508 g/mol. The van der Waals surface area contributed by atoms with E-state index in [-0.39, 0.29) is 16.1 Å². The van der Waals surface area contributed by atoms with Gasteiger partial charge in [0.25, 0.3) is 5.91 Å². The lowest BCUT2D eigenvalue weighted by molar-refractivity contribution is 0.0747. The third-order valence-electron chi connectivity index (χ3n) is 7.10. The standard InChI is InChI=1S/C28H30N2O5S2/c1-20-18-24(37(34,35)22-8-9-22)11-13-27(20)29-14-16-30(17-15-29)28(31)26-19-23(36(2,32)33)10-12-25(26)21-6-4-3-5-7-21/h3-7,10-13,18-19,22H,8-9,14-17H2,1-2H3. The van der Waals surface area contributed by atoms with Gasteiger partial charge in [-0.25, -0.2) is 16.8 Å². The van der Waals surface area contributed by atoms with Crippen molar-refractivity contribution in [1.82, 2.24) is 4.90 Å². The zero-order valence-electron chi connectivity index (χ0n) is 20.9. The molecule has 0 radical (unpaired) electrons. The van der Waals surface area contributed by atoms with Crippen LogP contribution >= 0.6 is 0 Å². The van der Waals surface area contributed by atoms with Gasteiger partial charge in [0.05, 0.1) is 15.0 Å². The zero-order chi connectivity index (χ0) is 26.4. The van der Waals surface area contributed by atoms with Crippen molar-refractivity contribution in [3.8, 4) is 11.1 Å². The molecule has 0 N–H and O–H groups in total. The van der Waals surface area contributed by atoms with Crippen molar-refractivity contribution in [2.24, 2.45) is 0 Å². The van der Waals surface area contributed by atoms with Crippen molar-refractivity contribution in [3.63, 3.8) is 0 Å². The number of piperazine rings is 1. The number of hydrogen-bond donors (Lipinski definition) is 0. The number of amides is 1. The molecule has 194 valence electrons. The van der Waals surface area contributed by atoms with Gasteiger partial charge in [0.1, 0.15) is 0 Å². The van der Waals surface area contributed by atoms with Crippen LogP contribution in [0.25, 0.3) is 11.1 Å². The first-order valence-corrected chi connectivity index (χ1v) is 15.8. The molecule has 0 atom stereocenters. The third kappa shape index (κ3) is 5.15. The molecule has 1 saturated carbocycles. The summed E-state index contributed by atoms with van der Waals surface area (Å²) >= 11 is 0. The van der Waals surface area contributed by atoms with Crippen LogP contribution in [0, 0.1) is 6.92 Å². The van der Waals surface area contributed by atoms with E-state index in [2.05, 4.69) is 4.90 Å². The van der Waals surface area contributed by atoms with Crippen LogP contribution in [-0.2, 0) is 19.7 Å². The molecule has 3 aromatic carbocycles. The number of rotatable bonds is 6. The van der Waals surface area contributed by atoms with Crippen LogP contribution in [0.15, 0.2) is 76.5 Å². The Bertz CT molecular complexity index is 1560. The highest BCUT2D eigenvalue weighted by molar-refractivity contribution is 7.92. The van der Waals surface area contributed by atoms with Crippen LogP contribution in [-0.4, -0.2) is 65.3 Å². The van der Waals surface area contributed by atoms with E-state index in [1.807, 2.05) is 43.3 Å². The Balaban J connectivity index is 1.36. The second kappa shape index (κ2) is 9.61. The number of benzene rings is 3. The van der Waals surface area contributed by atoms with Crippen LogP contribution in [0.4, 0.5) is 5.69 Å². The molecule has 2 fully saturated rings. The average molecular weight is 539 g/mol. The summed E-state index contributed by atoms with van der Waals surface area (Å²) in [5, 5.41) is -0.241. The SMILES string of the molecule is Cc1cc(S(=O)(=O)C2CC2)ccc1N1CCN(C(=O)c2cc(S(C)(=O)=O)ccc2-c2ccccc2)CC1. The Morgan fingerprint density at radius 2 is 1.46 bits per heavy atom. The number of aryl methyl sites for hydroxylation is 1. The predicted octanol–water partition coefficient (Wildman–Crippen LogP) is 3.96. The fourth-order valence-corrected chi connectivity index (χ4v) is 7.24. The van der Waals surface area contributed by atoms with Gasteiger partial charge in [0.2, 0.25) is 0 Å². The molecule has 1 aliphatic carbocycles. The van der Waals surface area contributed by atoms with E-state index in [1.54, 1.807) is 29.2 Å². The Morgan fingerprint density at radius 3 is 2.05 bits per heavy atom. The summed E-state index contributed by atoms with van der Waals surface area (Å²) in [6.07, 6.45) is 2.61. The van der Waals surface area contributed by atoms with Gasteiger partial charge in [-0.1, -0.05) is 36.4 Å². The lowest BCUT2D eigenvalue weighted by Gasteiger charge is -2.37. The van der Waals surface area contributed by atoms with Crippen molar-refractivity contribution in [2.75, 3.05) is 37.3 Å². The normalized spacial score (nSPS) is 16.6. The van der Waals surface area contributed by atoms with E-state index < -0.39 is 19.7 Å². The Labute approximate surface area is 218 Å². The lowest BCUT2D eigenvalue weighted by Crippen LogP contribution is -2.49. The summed E-state index contributed by atoms with van der Waals surface area (Å²) in [5.74, 6) is -0.202. The summed E-state index contributed by atoms with van der Waals surface area (Å²) in [7, 11) is -6.72. The van der Waals surface area contributed by atoms with Gasteiger partial charge in [-0.2, -0.15) is 0 Å². The second-order valence-corrected chi connectivity index (χ2v) is 14.1. The van der Waals surface area contributed by atoms with Crippen LogP contribution < -0.4 is 4.90 Å². The molecular formula is C28H30N2O5S2. The molecule has 0 aromatic heterocycles. The van der Waals surface area contributed by atoms with Gasteiger partial charge in [-0.3, -0.25) is 4.79 Å². The first-order chi connectivity index (χ1) is 17.6. The second-order valence-electron chi connectivity index (χ2n) is 9.82. The number of nitrogens with zero attached hydrogens (tertiary/aromatic N) is 2. The van der Waals surface area contributed by atoms with E-state index in [1.165, 1.54) is 6.07 Å². The summed E-state index contributed by atoms with van der Waals surface area (Å²) in [4.78, 5) is 18.1. The Hall–Kier alpha value is -3.17. The van der Waals surface area contributed by atoms with Crippen molar-refractivity contribution in [2.45, 2.75) is 34.8 Å². The first kappa shape index (κ1) is 25.5. The van der Waals surface area contributed by atoms with E-state index in [0.29, 0.717) is 42.2 Å². The molecule has 3 aromatic rings. The van der Waals surface area contributed by atoms with Gasteiger partial charge >= 0.3 is 0 Å². The number of anilines is 1. The molecule has 7 nitrogen and oxygen atoms in total. The zero-order valence-corrected chi connectivity index (χ0v) is 22.6. The van der Waals surface area contributed by atoms with Gasteiger partial charge < -0.3 is 9.80 Å². The fourth-order valence-electron chi connectivity index (χ4n) is 4.85. The molecule has 0 spiro atoms. The molecule has 1 aliphatic heterocycles. The molecule has 0 unspecified atom stereocenters. The maximum absolute atomic E-state index is 13.7. The van der Waals surface area contributed by atoms with Gasteiger partial charge in [0, 0.05) is 43.7 Å². The molecule has 1 amide bonds. The molecule has 2 aliphatic rings. The summed E-state index contributed by atoms with van der Waals surface area (Å²) in [6, 6.07) is 19.5. The van der Waals surface area contributed by atoms with Crippen LogP contribution in [0.1, 0.15) is 28.8 Å². The highest BCUT2D eigenvalue weighted by Gasteiger charge is 2.37. The Kier molecular flexibility index (Phi) is 6.62. The summed E-state index contributed by atoms with van der Waals surface area (Å²) in [5.41, 5.74) is 3.78. The number of carbonyl (C=O) groups excluding carboxylic acids is 1. The highest BCUT2D eigenvalue weighted by atomic mass is 32.2. The van der Waals surface area contributed by atoms with Crippen LogP contribution in [0.3, 0.4) is 0 Å². The molecule has 1 heterocycles. The monoisotopic (exact) mass is 538 g/mol. The lowest BCUT2D eigenvalue weighted by atomic mass is 9.98. The average Bonchev–Trinajstić information content (AvgIpc) is 3.74. The Morgan fingerprint density at radius 1 is 0.811 bits per heavy atom. The van der Waals surface area contributed by atoms with E-state index in [9.17, 15) is 21.6 Å². The van der Waals surface area contributed by atoms with Crippen LogP contribution in [0.5, 0.6) is 0 Å². The minimum absolute atomic E-state index is 0.117. The van der Waals surface area contributed by atoms with Gasteiger partial charge in [-0.05, 0) is 66.8 Å².